The third kappa shape index (κ3) is 33.5. The van der Waals surface area contributed by atoms with Gasteiger partial charge in [0.2, 0.25) is 5.91 Å². The zero-order valence-electron chi connectivity index (χ0n) is 29.9. The second-order valence-corrected chi connectivity index (χ2v) is 13.0. The summed E-state index contributed by atoms with van der Waals surface area (Å²) in [5.41, 5.74) is 0. The zero-order valence-corrected chi connectivity index (χ0v) is 29.9. The smallest absolute Gasteiger partial charge is 0.220 e. The third-order valence-corrected chi connectivity index (χ3v) is 8.60. The van der Waals surface area contributed by atoms with Gasteiger partial charge in [0.25, 0.3) is 0 Å². The molecular formula is C41H75NO3. The summed E-state index contributed by atoms with van der Waals surface area (Å²) in [7, 11) is 0. The Balaban J connectivity index is 3.50. The highest BCUT2D eigenvalue weighted by Gasteiger charge is 2.19. The first-order valence-electron chi connectivity index (χ1n) is 19.3. The van der Waals surface area contributed by atoms with Crippen LogP contribution in [0.1, 0.15) is 187 Å². The Bertz CT molecular complexity index is 726. The van der Waals surface area contributed by atoms with E-state index in [9.17, 15) is 15.0 Å². The highest BCUT2D eigenvalue weighted by molar-refractivity contribution is 5.76. The summed E-state index contributed by atoms with van der Waals surface area (Å²) in [4.78, 5) is 12.3. The highest BCUT2D eigenvalue weighted by Crippen LogP contribution is 2.14. The van der Waals surface area contributed by atoms with Crippen LogP contribution in [0.2, 0.25) is 0 Å². The van der Waals surface area contributed by atoms with Crippen molar-refractivity contribution in [3.8, 4) is 0 Å². The number of allylic oxidation sites excluding steroid dienone is 8. The standard InChI is InChI=1S/C41H75NO3/c1-3-5-7-9-11-13-14-15-16-17-18-19-20-21-22-23-24-25-26-27-28-29-31-33-35-37-41(45)42-39(38-43)40(44)36-34-32-30-12-10-8-6-4-2/h5,7,11,13,15-16,18-19,39-40,43-44H,3-4,6,8-10,12,14,17,20-38H2,1-2H3,(H,42,45)/b7-5-,13-11-,16-15-,19-18-. The van der Waals surface area contributed by atoms with E-state index in [1.807, 2.05) is 0 Å². The van der Waals surface area contributed by atoms with Gasteiger partial charge >= 0.3 is 0 Å². The molecule has 0 radical (unpaired) electrons. The van der Waals surface area contributed by atoms with Crippen molar-refractivity contribution in [3.05, 3.63) is 48.6 Å². The number of unbranched alkanes of at least 4 members (excludes halogenated alkanes) is 19. The minimum absolute atomic E-state index is 0.0394. The number of nitrogens with one attached hydrogen (secondary N) is 1. The van der Waals surface area contributed by atoms with Crippen LogP contribution < -0.4 is 5.32 Å². The molecule has 3 N–H and O–H groups in total. The molecule has 0 saturated carbocycles. The molecule has 262 valence electrons. The van der Waals surface area contributed by atoms with Crippen LogP contribution in [0.25, 0.3) is 0 Å². The number of aliphatic hydroxyl groups is 2. The van der Waals surface area contributed by atoms with E-state index < -0.39 is 12.1 Å². The summed E-state index contributed by atoms with van der Waals surface area (Å²) in [6, 6.07) is -0.535. The molecule has 0 aromatic carbocycles. The molecule has 4 heteroatoms. The van der Waals surface area contributed by atoms with Crippen LogP contribution in [-0.4, -0.2) is 34.9 Å². The van der Waals surface area contributed by atoms with Gasteiger partial charge in [-0.2, -0.15) is 0 Å². The van der Waals surface area contributed by atoms with Crippen molar-refractivity contribution in [1.29, 1.82) is 0 Å². The number of aliphatic hydroxyl groups excluding tert-OH is 2. The van der Waals surface area contributed by atoms with Crippen LogP contribution in [0, 0.1) is 0 Å². The molecule has 45 heavy (non-hydrogen) atoms. The van der Waals surface area contributed by atoms with Crippen molar-refractivity contribution < 1.29 is 15.0 Å². The van der Waals surface area contributed by atoms with E-state index in [0.717, 1.165) is 51.4 Å². The lowest BCUT2D eigenvalue weighted by Crippen LogP contribution is -2.45. The summed E-state index contributed by atoms with van der Waals surface area (Å²) in [6.07, 6.45) is 49.0. The summed E-state index contributed by atoms with van der Waals surface area (Å²) < 4.78 is 0. The van der Waals surface area contributed by atoms with Crippen molar-refractivity contribution in [3.63, 3.8) is 0 Å². The maximum absolute atomic E-state index is 12.3. The maximum atomic E-state index is 12.3. The minimum Gasteiger partial charge on any atom is -0.394 e. The minimum atomic E-state index is -0.657. The van der Waals surface area contributed by atoms with Gasteiger partial charge in [-0.05, 0) is 51.4 Å². The fourth-order valence-corrected chi connectivity index (χ4v) is 5.64. The van der Waals surface area contributed by atoms with Crippen LogP contribution in [0.15, 0.2) is 48.6 Å². The van der Waals surface area contributed by atoms with Gasteiger partial charge in [-0.1, -0.05) is 178 Å². The number of hydrogen-bond acceptors (Lipinski definition) is 3. The Hall–Kier alpha value is -1.65. The van der Waals surface area contributed by atoms with Gasteiger partial charge in [-0.3, -0.25) is 4.79 Å². The van der Waals surface area contributed by atoms with Crippen LogP contribution in [-0.2, 0) is 4.79 Å². The molecule has 0 aromatic heterocycles. The monoisotopic (exact) mass is 630 g/mol. The summed E-state index contributed by atoms with van der Waals surface area (Å²) in [5, 5.41) is 22.9. The number of hydrogen-bond donors (Lipinski definition) is 3. The number of amides is 1. The van der Waals surface area contributed by atoms with E-state index >= 15 is 0 Å². The fraction of sp³-hybridized carbons (Fsp3) is 0.780. The predicted octanol–water partition coefficient (Wildman–Crippen LogP) is 11.6. The average molecular weight is 630 g/mol. The molecule has 0 fully saturated rings. The molecule has 0 spiro atoms. The van der Waals surface area contributed by atoms with Crippen LogP contribution >= 0.6 is 0 Å². The molecule has 0 aromatic rings. The molecule has 2 atom stereocenters. The first kappa shape index (κ1) is 43.4. The molecule has 0 rings (SSSR count). The Morgan fingerprint density at radius 1 is 0.556 bits per heavy atom. The van der Waals surface area contributed by atoms with Crippen molar-refractivity contribution in [2.75, 3.05) is 6.61 Å². The van der Waals surface area contributed by atoms with E-state index in [0.29, 0.717) is 12.8 Å². The molecule has 1 amide bonds. The van der Waals surface area contributed by atoms with E-state index in [2.05, 4.69) is 67.8 Å². The number of rotatable bonds is 34. The molecule has 4 nitrogen and oxygen atoms in total. The van der Waals surface area contributed by atoms with Gasteiger partial charge in [-0.25, -0.2) is 0 Å². The van der Waals surface area contributed by atoms with Crippen LogP contribution in [0.4, 0.5) is 0 Å². The van der Waals surface area contributed by atoms with Crippen molar-refractivity contribution >= 4 is 5.91 Å². The molecule has 0 heterocycles. The second-order valence-electron chi connectivity index (χ2n) is 13.0. The second kappa shape index (κ2) is 36.8. The largest absolute Gasteiger partial charge is 0.394 e. The summed E-state index contributed by atoms with van der Waals surface area (Å²) in [6.45, 7) is 4.20. The molecule has 0 saturated heterocycles. The lowest BCUT2D eigenvalue weighted by Gasteiger charge is -2.22. The van der Waals surface area contributed by atoms with E-state index in [-0.39, 0.29) is 12.5 Å². The van der Waals surface area contributed by atoms with Gasteiger partial charge in [0.1, 0.15) is 0 Å². The average Bonchev–Trinajstić information content (AvgIpc) is 3.04. The topological polar surface area (TPSA) is 69.6 Å². The first-order valence-corrected chi connectivity index (χ1v) is 19.3. The molecule has 0 aliphatic carbocycles. The zero-order chi connectivity index (χ0) is 32.9. The molecular weight excluding hydrogens is 554 g/mol. The molecule has 0 aliphatic rings. The molecule has 0 aliphatic heterocycles. The quantitative estimate of drug-likeness (QED) is 0.0490. The van der Waals surface area contributed by atoms with Crippen LogP contribution in [0.5, 0.6) is 0 Å². The maximum Gasteiger partial charge on any atom is 0.220 e. The van der Waals surface area contributed by atoms with Crippen LogP contribution in [0.3, 0.4) is 0 Å². The summed E-state index contributed by atoms with van der Waals surface area (Å²) in [5.74, 6) is -0.0394. The lowest BCUT2D eigenvalue weighted by molar-refractivity contribution is -0.123. The van der Waals surface area contributed by atoms with E-state index in [1.165, 1.54) is 109 Å². The van der Waals surface area contributed by atoms with Crippen molar-refractivity contribution in [1.82, 2.24) is 5.32 Å². The van der Waals surface area contributed by atoms with Crippen molar-refractivity contribution in [2.24, 2.45) is 0 Å². The molecule has 2 unspecified atom stereocenters. The van der Waals surface area contributed by atoms with E-state index in [1.54, 1.807) is 0 Å². The fourth-order valence-electron chi connectivity index (χ4n) is 5.64. The van der Waals surface area contributed by atoms with Crippen molar-refractivity contribution in [2.45, 2.75) is 199 Å². The number of carbonyl (C=O) groups is 1. The predicted molar refractivity (Wildman–Crippen MR) is 198 cm³/mol. The third-order valence-electron chi connectivity index (χ3n) is 8.60. The SMILES string of the molecule is CC/C=C\C/C=C\C/C=C\C/C=C\CCCCCCCCCCCCCCC(=O)NC(CO)C(O)CCCCCCCCCC. The summed E-state index contributed by atoms with van der Waals surface area (Å²) >= 11 is 0. The van der Waals surface area contributed by atoms with Gasteiger partial charge in [0, 0.05) is 6.42 Å². The highest BCUT2D eigenvalue weighted by atomic mass is 16.3. The lowest BCUT2D eigenvalue weighted by atomic mass is 10.0. The van der Waals surface area contributed by atoms with Gasteiger partial charge < -0.3 is 15.5 Å². The van der Waals surface area contributed by atoms with Gasteiger partial charge in [0.15, 0.2) is 0 Å². The number of carbonyl (C=O) groups excluding carboxylic acids is 1. The van der Waals surface area contributed by atoms with Gasteiger partial charge in [-0.15, -0.1) is 0 Å². The Morgan fingerprint density at radius 3 is 1.47 bits per heavy atom. The van der Waals surface area contributed by atoms with Gasteiger partial charge in [0.05, 0.1) is 18.8 Å². The Kier molecular flexibility index (Phi) is 35.5. The Morgan fingerprint density at radius 2 is 0.978 bits per heavy atom. The first-order chi connectivity index (χ1) is 22.2. The normalized spacial score (nSPS) is 13.6. The molecule has 0 bridgehead atoms. The van der Waals surface area contributed by atoms with E-state index in [4.69, 9.17) is 0 Å². The Labute approximate surface area is 280 Å².